The summed E-state index contributed by atoms with van der Waals surface area (Å²) in [5.74, 6) is -0.294. The van der Waals surface area contributed by atoms with Crippen LogP contribution in [-0.4, -0.2) is 60.6 Å². The Morgan fingerprint density at radius 1 is 1.28 bits per heavy atom. The second-order valence-corrected chi connectivity index (χ2v) is 4.06. The van der Waals surface area contributed by atoms with Gasteiger partial charge in [-0.3, -0.25) is 9.69 Å². The molecule has 7 heteroatoms. The molecule has 4 nitrogen and oxygen atoms in total. The number of alkyl halides is 3. The Bertz CT molecular complexity index is 254. The van der Waals surface area contributed by atoms with Gasteiger partial charge in [0, 0.05) is 26.2 Å². The van der Waals surface area contributed by atoms with Gasteiger partial charge < -0.3 is 10.6 Å². The van der Waals surface area contributed by atoms with Crippen LogP contribution in [0.1, 0.15) is 20.8 Å². The summed E-state index contributed by atoms with van der Waals surface area (Å²) < 4.78 is 37.2. The maximum atomic E-state index is 12.4. The third kappa shape index (κ3) is 5.68. The maximum absolute atomic E-state index is 12.4. The van der Waals surface area contributed by atoms with E-state index in [9.17, 15) is 18.0 Å². The predicted octanol–water partition coefficient (Wildman–Crippen LogP) is 1.07. The number of halogens is 3. The molecule has 1 atom stereocenters. The van der Waals surface area contributed by atoms with Crippen molar-refractivity contribution in [2.24, 2.45) is 5.73 Å². The fraction of sp³-hybridized carbons (Fsp3) is 0.909. The zero-order chi connectivity index (χ0) is 14.3. The van der Waals surface area contributed by atoms with Gasteiger partial charge in [0.15, 0.2) is 0 Å². The van der Waals surface area contributed by atoms with Gasteiger partial charge >= 0.3 is 6.18 Å². The van der Waals surface area contributed by atoms with E-state index in [0.717, 1.165) is 4.90 Å². The Morgan fingerprint density at radius 2 is 1.78 bits per heavy atom. The largest absolute Gasteiger partial charge is 0.401 e. The Kier molecular flexibility index (Phi) is 7.23. The molecule has 0 heterocycles. The number of hydrogen-bond donors (Lipinski definition) is 1. The molecule has 0 aliphatic heterocycles. The Balaban J connectivity index is 4.74. The Morgan fingerprint density at radius 3 is 2.11 bits per heavy atom. The average molecular weight is 269 g/mol. The van der Waals surface area contributed by atoms with Crippen molar-refractivity contribution in [2.45, 2.75) is 33.0 Å². The third-order valence-electron chi connectivity index (χ3n) is 2.78. The summed E-state index contributed by atoms with van der Waals surface area (Å²) in [5, 5.41) is 0. The number of carbonyl (C=O) groups excluding carboxylic acids is 1. The predicted molar refractivity (Wildman–Crippen MR) is 64.1 cm³/mol. The number of rotatable bonds is 7. The van der Waals surface area contributed by atoms with Crippen LogP contribution in [0.3, 0.4) is 0 Å². The number of nitrogens with zero attached hydrogens (tertiary/aromatic N) is 2. The highest BCUT2D eigenvalue weighted by Gasteiger charge is 2.35. The van der Waals surface area contributed by atoms with E-state index in [2.05, 4.69) is 0 Å². The Hall–Kier alpha value is -0.820. The number of carbonyl (C=O) groups is 1. The lowest BCUT2D eigenvalue weighted by Crippen LogP contribution is -2.51. The molecule has 2 N–H and O–H groups in total. The van der Waals surface area contributed by atoms with Gasteiger partial charge in [-0.1, -0.05) is 0 Å². The van der Waals surface area contributed by atoms with Gasteiger partial charge in [-0.25, -0.2) is 0 Å². The van der Waals surface area contributed by atoms with E-state index in [0.29, 0.717) is 13.1 Å². The van der Waals surface area contributed by atoms with E-state index in [1.807, 2.05) is 0 Å². The standard InChI is InChI=1S/C11H22F3N3O/c1-4-16(5-2)10(18)9(3)17(7-6-15)8-11(12,13)14/h9H,4-8,15H2,1-3H3. The zero-order valence-electron chi connectivity index (χ0n) is 11.1. The SMILES string of the molecule is CCN(CC)C(=O)C(C)N(CCN)CC(F)(F)F. The van der Waals surface area contributed by atoms with Gasteiger partial charge in [-0.2, -0.15) is 13.2 Å². The molecule has 0 aromatic rings. The van der Waals surface area contributed by atoms with Gasteiger partial charge in [0.2, 0.25) is 5.91 Å². The molecule has 108 valence electrons. The molecule has 0 saturated carbocycles. The van der Waals surface area contributed by atoms with Crippen LogP contribution in [-0.2, 0) is 4.79 Å². The third-order valence-corrected chi connectivity index (χ3v) is 2.78. The molecule has 0 rings (SSSR count). The highest BCUT2D eigenvalue weighted by atomic mass is 19.4. The van der Waals surface area contributed by atoms with Crippen molar-refractivity contribution in [2.75, 3.05) is 32.7 Å². The fourth-order valence-electron chi connectivity index (χ4n) is 1.76. The molecule has 0 saturated heterocycles. The summed E-state index contributed by atoms with van der Waals surface area (Å²) in [6, 6.07) is -0.810. The molecule has 0 radical (unpaired) electrons. The van der Waals surface area contributed by atoms with Gasteiger partial charge in [0.1, 0.15) is 0 Å². The van der Waals surface area contributed by atoms with E-state index in [1.165, 1.54) is 11.8 Å². The van der Waals surface area contributed by atoms with Crippen LogP contribution in [0.25, 0.3) is 0 Å². The molecule has 0 bridgehead atoms. The molecular formula is C11H22F3N3O. The van der Waals surface area contributed by atoms with Crippen molar-refractivity contribution >= 4 is 5.91 Å². The van der Waals surface area contributed by atoms with Crippen LogP contribution >= 0.6 is 0 Å². The monoisotopic (exact) mass is 269 g/mol. The fourth-order valence-corrected chi connectivity index (χ4v) is 1.76. The van der Waals surface area contributed by atoms with Crippen molar-refractivity contribution in [1.82, 2.24) is 9.80 Å². The summed E-state index contributed by atoms with van der Waals surface area (Å²) in [5.41, 5.74) is 5.29. The van der Waals surface area contributed by atoms with E-state index in [4.69, 9.17) is 5.73 Å². The highest BCUT2D eigenvalue weighted by molar-refractivity contribution is 5.81. The first-order valence-electron chi connectivity index (χ1n) is 6.06. The summed E-state index contributed by atoms with van der Waals surface area (Å²) in [7, 11) is 0. The second-order valence-electron chi connectivity index (χ2n) is 4.06. The van der Waals surface area contributed by atoms with Crippen LogP contribution < -0.4 is 5.73 Å². The van der Waals surface area contributed by atoms with Crippen LogP contribution in [0, 0.1) is 0 Å². The lowest BCUT2D eigenvalue weighted by Gasteiger charge is -2.32. The van der Waals surface area contributed by atoms with Gasteiger partial charge in [-0.15, -0.1) is 0 Å². The summed E-state index contributed by atoms with van der Waals surface area (Å²) in [6.45, 7) is 5.08. The van der Waals surface area contributed by atoms with Crippen molar-refractivity contribution < 1.29 is 18.0 Å². The molecule has 0 spiro atoms. The normalized spacial score (nSPS) is 13.8. The summed E-state index contributed by atoms with van der Waals surface area (Å²) in [6.07, 6.45) is -4.33. The molecule has 18 heavy (non-hydrogen) atoms. The minimum atomic E-state index is -4.33. The summed E-state index contributed by atoms with van der Waals surface area (Å²) in [4.78, 5) is 14.6. The van der Waals surface area contributed by atoms with E-state index < -0.39 is 18.8 Å². The molecule has 0 aliphatic carbocycles. The molecular weight excluding hydrogens is 247 g/mol. The highest BCUT2D eigenvalue weighted by Crippen LogP contribution is 2.18. The minimum absolute atomic E-state index is 0.0493. The number of hydrogen-bond acceptors (Lipinski definition) is 3. The second kappa shape index (κ2) is 7.58. The zero-order valence-corrected chi connectivity index (χ0v) is 11.1. The number of amides is 1. The lowest BCUT2D eigenvalue weighted by molar-refractivity contribution is -0.157. The molecule has 0 aromatic heterocycles. The van der Waals surface area contributed by atoms with Crippen LogP contribution in [0.4, 0.5) is 13.2 Å². The Labute approximate surface area is 106 Å². The average Bonchev–Trinajstić information content (AvgIpc) is 2.27. The smallest absolute Gasteiger partial charge is 0.342 e. The maximum Gasteiger partial charge on any atom is 0.401 e. The molecule has 0 aromatic carbocycles. The van der Waals surface area contributed by atoms with Crippen LogP contribution in [0.5, 0.6) is 0 Å². The van der Waals surface area contributed by atoms with Gasteiger partial charge in [-0.05, 0) is 20.8 Å². The van der Waals surface area contributed by atoms with Crippen LogP contribution in [0.2, 0.25) is 0 Å². The van der Waals surface area contributed by atoms with Crippen LogP contribution in [0.15, 0.2) is 0 Å². The first kappa shape index (κ1) is 17.2. The number of nitrogens with two attached hydrogens (primary N) is 1. The molecule has 1 amide bonds. The van der Waals surface area contributed by atoms with Gasteiger partial charge in [0.25, 0.3) is 0 Å². The van der Waals surface area contributed by atoms with Crippen molar-refractivity contribution in [3.05, 3.63) is 0 Å². The van der Waals surface area contributed by atoms with E-state index in [1.54, 1.807) is 13.8 Å². The van der Waals surface area contributed by atoms with Crippen molar-refractivity contribution in [3.8, 4) is 0 Å². The molecule has 0 fully saturated rings. The van der Waals surface area contributed by atoms with E-state index in [-0.39, 0.29) is 19.0 Å². The van der Waals surface area contributed by atoms with Crippen molar-refractivity contribution in [1.29, 1.82) is 0 Å². The number of likely N-dealkylation sites (N-methyl/N-ethyl adjacent to an activating group) is 1. The first-order chi connectivity index (χ1) is 8.26. The topological polar surface area (TPSA) is 49.6 Å². The quantitative estimate of drug-likeness (QED) is 0.752. The minimum Gasteiger partial charge on any atom is -0.342 e. The lowest BCUT2D eigenvalue weighted by atomic mass is 10.2. The molecule has 1 unspecified atom stereocenters. The molecule has 0 aliphatic rings. The van der Waals surface area contributed by atoms with E-state index >= 15 is 0 Å². The summed E-state index contributed by atoms with van der Waals surface area (Å²) >= 11 is 0. The first-order valence-corrected chi connectivity index (χ1v) is 6.06. The van der Waals surface area contributed by atoms with Crippen molar-refractivity contribution in [3.63, 3.8) is 0 Å². The van der Waals surface area contributed by atoms with Gasteiger partial charge in [0.05, 0.1) is 12.6 Å².